The number of hydrogen-bond donors (Lipinski definition) is 1. The second-order valence-electron chi connectivity index (χ2n) is 4.36. The molecule has 0 amide bonds. The maximum atomic E-state index is 9.85. The van der Waals surface area contributed by atoms with Gasteiger partial charge in [0.25, 0.3) is 0 Å². The van der Waals surface area contributed by atoms with Gasteiger partial charge in [-0.3, -0.25) is 0 Å². The van der Waals surface area contributed by atoms with E-state index in [1.54, 1.807) is 0 Å². The molecule has 0 saturated heterocycles. The van der Waals surface area contributed by atoms with Gasteiger partial charge in [0.1, 0.15) is 0 Å². The third-order valence-corrected chi connectivity index (χ3v) is 3.28. The average Bonchev–Trinajstić information content (AvgIpc) is 2.56. The van der Waals surface area contributed by atoms with E-state index in [1.807, 2.05) is 0 Å². The summed E-state index contributed by atoms with van der Waals surface area (Å²) >= 11 is 0. The molecule has 12 heavy (non-hydrogen) atoms. The van der Waals surface area contributed by atoms with Crippen molar-refractivity contribution in [1.82, 2.24) is 0 Å². The highest BCUT2D eigenvalue weighted by atomic mass is 16.3. The SMILES string of the molecule is CCC(C)CC(O)C1CCCC1. The summed E-state index contributed by atoms with van der Waals surface area (Å²) in [5.74, 6) is 1.32. The highest BCUT2D eigenvalue weighted by molar-refractivity contribution is 4.75. The van der Waals surface area contributed by atoms with Crippen molar-refractivity contribution in [2.75, 3.05) is 0 Å². The van der Waals surface area contributed by atoms with Gasteiger partial charge in [0.2, 0.25) is 0 Å². The van der Waals surface area contributed by atoms with E-state index in [1.165, 1.54) is 32.1 Å². The van der Waals surface area contributed by atoms with Crippen LogP contribution in [0.5, 0.6) is 0 Å². The monoisotopic (exact) mass is 170 g/mol. The van der Waals surface area contributed by atoms with Crippen LogP contribution in [0, 0.1) is 11.8 Å². The molecule has 1 heteroatoms. The molecule has 1 rings (SSSR count). The molecule has 0 aliphatic heterocycles. The summed E-state index contributed by atoms with van der Waals surface area (Å²) in [5.41, 5.74) is 0. The fourth-order valence-electron chi connectivity index (χ4n) is 2.11. The summed E-state index contributed by atoms with van der Waals surface area (Å²) in [5, 5.41) is 9.85. The molecule has 1 aliphatic carbocycles. The van der Waals surface area contributed by atoms with Gasteiger partial charge in [0.15, 0.2) is 0 Å². The lowest BCUT2D eigenvalue weighted by molar-refractivity contribution is 0.0862. The van der Waals surface area contributed by atoms with E-state index in [-0.39, 0.29) is 6.10 Å². The van der Waals surface area contributed by atoms with Gasteiger partial charge in [-0.05, 0) is 31.1 Å². The molecule has 1 aliphatic rings. The molecule has 0 bridgehead atoms. The van der Waals surface area contributed by atoms with Crippen molar-refractivity contribution in [1.29, 1.82) is 0 Å². The minimum atomic E-state index is -0.0116. The molecule has 0 radical (unpaired) electrons. The molecule has 1 nitrogen and oxygen atoms in total. The highest BCUT2D eigenvalue weighted by Gasteiger charge is 2.23. The van der Waals surface area contributed by atoms with Crippen LogP contribution >= 0.6 is 0 Å². The third-order valence-electron chi connectivity index (χ3n) is 3.28. The summed E-state index contributed by atoms with van der Waals surface area (Å²) < 4.78 is 0. The van der Waals surface area contributed by atoms with Gasteiger partial charge in [0.05, 0.1) is 6.10 Å². The van der Waals surface area contributed by atoms with Gasteiger partial charge in [-0.15, -0.1) is 0 Å². The Morgan fingerprint density at radius 3 is 2.42 bits per heavy atom. The average molecular weight is 170 g/mol. The Labute approximate surface area is 76.2 Å². The summed E-state index contributed by atoms with van der Waals surface area (Å²) in [6.45, 7) is 4.43. The fourth-order valence-corrected chi connectivity index (χ4v) is 2.11. The maximum absolute atomic E-state index is 9.85. The zero-order valence-corrected chi connectivity index (χ0v) is 8.42. The topological polar surface area (TPSA) is 20.2 Å². The van der Waals surface area contributed by atoms with Crippen molar-refractivity contribution in [2.45, 2.75) is 58.5 Å². The standard InChI is InChI=1S/C11H22O/c1-3-9(2)8-11(12)10-6-4-5-7-10/h9-12H,3-8H2,1-2H3. The Morgan fingerprint density at radius 1 is 1.33 bits per heavy atom. The Morgan fingerprint density at radius 2 is 1.92 bits per heavy atom. The highest BCUT2D eigenvalue weighted by Crippen LogP contribution is 2.30. The van der Waals surface area contributed by atoms with Crippen LogP contribution in [0.2, 0.25) is 0 Å². The van der Waals surface area contributed by atoms with Crippen LogP contribution in [0.4, 0.5) is 0 Å². The van der Waals surface area contributed by atoms with Crippen LogP contribution < -0.4 is 0 Å². The van der Waals surface area contributed by atoms with Gasteiger partial charge < -0.3 is 5.11 Å². The molecule has 0 aromatic carbocycles. The second-order valence-corrected chi connectivity index (χ2v) is 4.36. The first-order valence-electron chi connectivity index (χ1n) is 5.42. The lowest BCUT2D eigenvalue weighted by Gasteiger charge is -2.20. The third kappa shape index (κ3) is 2.78. The lowest BCUT2D eigenvalue weighted by Crippen LogP contribution is -2.20. The predicted octanol–water partition coefficient (Wildman–Crippen LogP) is 2.97. The van der Waals surface area contributed by atoms with Crippen LogP contribution in [0.15, 0.2) is 0 Å². The lowest BCUT2D eigenvalue weighted by atomic mass is 9.91. The van der Waals surface area contributed by atoms with Crippen molar-refractivity contribution >= 4 is 0 Å². The summed E-state index contributed by atoms with van der Waals surface area (Å²) in [6, 6.07) is 0. The number of hydrogen-bond acceptors (Lipinski definition) is 1. The first-order valence-corrected chi connectivity index (χ1v) is 5.42. The maximum Gasteiger partial charge on any atom is 0.0570 e. The van der Waals surface area contributed by atoms with Crippen molar-refractivity contribution in [3.8, 4) is 0 Å². The van der Waals surface area contributed by atoms with Crippen LogP contribution in [0.25, 0.3) is 0 Å². The molecule has 0 spiro atoms. The van der Waals surface area contributed by atoms with Crippen molar-refractivity contribution in [3.63, 3.8) is 0 Å². The smallest absolute Gasteiger partial charge is 0.0570 e. The van der Waals surface area contributed by atoms with E-state index in [0.29, 0.717) is 11.8 Å². The molecule has 0 aromatic rings. The van der Waals surface area contributed by atoms with Gasteiger partial charge in [-0.1, -0.05) is 33.1 Å². The van der Waals surface area contributed by atoms with Crippen LogP contribution in [0.1, 0.15) is 52.4 Å². The molecule has 0 aromatic heterocycles. The molecular weight excluding hydrogens is 148 g/mol. The van der Waals surface area contributed by atoms with Crippen LogP contribution in [-0.4, -0.2) is 11.2 Å². The molecular formula is C11H22O. The van der Waals surface area contributed by atoms with E-state index in [9.17, 15) is 5.11 Å². The number of aliphatic hydroxyl groups excluding tert-OH is 1. The van der Waals surface area contributed by atoms with Gasteiger partial charge in [-0.25, -0.2) is 0 Å². The molecule has 1 N–H and O–H groups in total. The quantitative estimate of drug-likeness (QED) is 0.687. The Kier molecular flexibility index (Phi) is 4.07. The summed E-state index contributed by atoms with van der Waals surface area (Å²) in [6.07, 6.45) is 7.40. The van der Waals surface area contributed by atoms with Crippen molar-refractivity contribution < 1.29 is 5.11 Å². The number of aliphatic hydroxyl groups is 1. The first kappa shape index (κ1) is 10.0. The number of rotatable bonds is 4. The fraction of sp³-hybridized carbons (Fsp3) is 1.00. The Balaban J connectivity index is 2.21. The molecule has 1 saturated carbocycles. The normalized spacial score (nSPS) is 24.2. The molecule has 1 fully saturated rings. The van der Waals surface area contributed by atoms with Gasteiger partial charge >= 0.3 is 0 Å². The molecule has 2 atom stereocenters. The first-order chi connectivity index (χ1) is 5.74. The zero-order chi connectivity index (χ0) is 8.97. The van der Waals surface area contributed by atoms with Crippen molar-refractivity contribution in [2.24, 2.45) is 11.8 Å². The van der Waals surface area contributed by atoms with Crippen LogP contribution in [-0.2, 0) is 0 Å². The minimum absolute atomic E-state index is 0.0116. The summed E-state index contributed by atoms with van der Waals surface area (Å²) in [7, 11) is 0. The molecule has 0 heterocycles. The van der Waals surface area contributed by atoms with Crippen LogP contribution in [0.3, 0.4) is 0 Å². The van der Waals surface area contributed by atoms with Gasteiger partial charge in [0, 0.05) is 0 Å². The zero-order valence-electron chi connectivity index (χ0n) is 8.42. The van der Waals surface area contributed by atoms with E-state index < -0.39 is 0 Å². The summed E-state index contributed by atoms with van der Waals surface area (Å²) in [4.78, 5) is 0. The van der Waals surface area contributed by atoms with E-state index >= 15 is 0 Å². The predicted molar refractivity (Wildman–Crippen MR) is 52.0 cm³/mol. The van der Waals surface area contributed by atoms with Gasteiger partial charge in [-0.2, -0.15) is 0 Å². The Bertz CT molecular complexity index is 116. The minimum Gasteiger partial charge on any atom is -0.393 e. The van der Waals surface area contributed by atoms with E-state index in [0.717, 1.165) is 6.42 Å². The van der Waals surface area contributed by atoms with Crippen molar-refractivity contribution in [3.05, 3.63) is 0 Å². The van der Waals surface area contributed by atoms with E-state index in [4.69, 9.17) is 0 Å². The Hall–Kier alpha value is -0.0400. The molecule has 2 unspecified atom stereocenters. The molecule has 72 valence electrons. The second kappa shape index (κ2) is 4.86. The van der Waals surface area contributed by atoms with E-state index in [2.05, 4.69) is 13.8 Å². The largest absolute Gasteiger partial charge is 0.393 e.